The Kier molecular flexibility index (Phi) is 8.92. The molecule has 3 nitrogen and oxygen atoms in total. The van der Waals surface area contributed by atoms with Gasteiger partial charge in [0.05, 0.1) is 12.0 Å². The van der Waals surface area contributed by atoms with Crippen molar-refractivity contribution in [1.29, 1.82) is 0 Å². The molecule has 0 aromatic rings. The highest BCUT2D eigenvalue weighted by Gasteiger charge is 2.39. The fraction of sp³-hybridized carbons (Fsp3) is 0.941. The molecule has 1 N–H and O–H groups in total. The lowest BCUT2D eigenvalue weighted by Gasteiger charge is -2.35. The number of carbonyl (C=O) groups excluding carboxylic acids is 1. The zero-order valence-corrected chi connectivity index (χ0v) is 13.5. The average Bonchev–Trinajstić information content (AvgIpc) is 2.47. The predicted octanol–water partition coefficient (Wildman–Crippen LogP) is 4.06. The molecule has 1 rings (SSSR count). The number of rotatable bonds is 10. The lowest BCUT2D eigenvalue weighted by Crippen LogP contribution is -2.43. The van der Waals surface area contributed by atoms with E-state index in [-0.39, 0.29) is 11.4 Å². The van der Waals surface area contributed by atoms with Crippen molar-refractivity contribution in [3.63, 3.8) is 0 Å². The molecule has 1 aliphatic heterocycles. The second-order valence-corrected chi connectivity index (χ2v) is 6.18. The van der Waals surface area contributed by atoms with Gasteiger partial charge in [0.1, 0.15) is 0 Å². The zero-order valence-electron chi connectivity index (χ0n) is 13.5. The van der Waals surface area contributed by atoms with Crippen LogP contribution in [0.5, 0.6) is 0 Å². The van der Waals surface area contributed by atoms with E-state index < -0.39 is 0 Å². The first-order valence-corrected chi connectivity index (χ1v) is 8.63. The Labute approximate surface area is 124 Å². The lowest BCUT2D eigenvalue weighted by atomic mass is 9.75. The van der Waals surface area contributed by atoms with Crippen molar-refractivity contribution in [2.75, 3.05) is 19.7 Å². The second kappa shape index (κ2) is 10.2. The van der Waals surface area contributed by atoms with Crippen LogP contribution in [0.15, 0.2) is 0 Å². The van der Waals surface area contributed by atoms with E-state index in [2.05, 4.69) is 19.2 Å². The number of hydrogen-bond donors (Lipinski definition) is 1. The number of nitrogens with one attached hydrogen (secondary N) is 1. The molecule has 0 aliphatic carbocycles. The molecular formula is C17H33NO2. The normalized spacial score (nSPS) is 17.9. The maximum Gasteiger partial charge on any atom is 0.312 e. The minimum absolute atomic E-state index is 0.0643. The largest absolute Gasteiger partial charge is 0.465 e. The van der Waals surface area contributed by atoms with Crippen molar-refractivity contribution >= 4 is 5.97 Å². The summed E-state index contributed by atoms with van der Waals surface area (Å²) in [5, 5.41) is 3.34. The summed E-state index contributed by atoms with van der Waals surface area (Å²) in [6, 6.07) is 0. The van der Waals surface area contributed by atoms with E-state index in [4.69, 9.17) is 4.74 Å². The van der Waals surface area contributed by atoms with Gasteiger partial charge < -0.3 is 10.1 Å². The fourth-order valence-corrected chi connectivity index (χ4v) is 3.14. The van der Waals surface area contributed by atoms with Crippen molar-refractivity contribution in [2.24, 2.45) is 5.41 Å². The lowest BCUT2D eigenvalue weighted by molar-refractivity contribution is -0.158. The molecule has 1 aliphatic rings. The summed E-state index contributed by atoms with van der Waals surface area (Å²) in [6.07, 6.45) is 11.3. The van der Waals surface area contributed by atoms with Crippen molar-refractivity contribution in [1.82, 2.24) is 5.32 Å². The highest BCUT2D eigenvalue weighted by Crippen LogP contribution is 2.35. The Hall–Kier alpha value is -0.570. The van der Waals surface area contributed by atoms with Crippen LogP contribution in [0.25, 0.3) is 0 Å². The van der Waals surface area contributed by atoms with Crippen molar-refractivity contribution in [3.05, 3.63) is 0 Å². The monoisotopic (exact) mass is 283 g/mol. The summed E-state index contributed by atoms with van der Waals surface area (Å²) in [5.41, 5.74) is -0.192. The maximum absolute atomic E-state index is 12.4. The number of carbonyl (C=O) groups is 1. The molecule has 0 spiro atoms. The van der Waals surface area contributed by atoms with Crippen LogP contribution in [-0.4, -0.2) is 25.7 Å². The maximum atomic E-state index is 12.4. The molecule has 0 aromatic carbocycles. The molecule has 0 amide bonds. The smallest absolute Gasteiger partial charge is 0.312 e. The van der Waals surface area contributed by atoms with Crippen LogP contribution in [0.3, 0.4) is 0 Å². The van der Waals surface area contributed by atoms with E-state index in [9.17, 15) is 4.79 Å². The summed E-state index contributed by atoms with van der Waals surface area (Å²) in [4.78, 5) is 12.4. The third-order valence-electron chi connectivity index (χ3n) is 4.45. The van der Waals surface area contributed by atoms with Gasteiger partial charge in [-0.05, 0) is 38.8 Å². The first kappa shape index (κ1) is 17.5. The summed E-state index contributed by atoms with van der Waals surface area (Å²) < 4.78 is 5.58. The van der Waals surface area contributed by atoms with Gasteiger partial charge in [-0.15, -0.1) is 0 Å². The first-order chi connectivity index (χ1) is 9.75. The molecule has 20 heavy (non-hydrogen) atoms. The zero-order chi connectivity index (χ0) is 14.7. The van der Waals surface area contributed by atoms with Gasteiger partial charge in [-0.25, -0.2) is 0 Å². The number of ether oxygens (including phenoxy) is 1. The molecule has 1 saturated heterocycles. The number of hydrogen-bond acceptors (Lipinski definition) is 3. The highest BCUT2D eigenvalue weighted by atomic mass is 16.5. The van der Waals surface area contributed by atoms with E-state index in [1.165, 1.54) is 32.1 Å². The van der Waals surface area contributed by atoms with Crippen LogP contribution in [0, 0.1) is 5.41 Å². The van der Waals surface area contributed by atoms with Gasteiger partial charge in [0, 0.05) is 0 Å². The Balaban J connectivity index is 2.21. The molecule has 0 bridgehead atoms. The topological polar surface area (TPSA) is 38.3 Å². The van der Waals surface area contributed by atoms with Crippen LogP contribution in [-0.2, 0) is 9.53 Å². The first-order valence-electron chi connectivity index (χ1n) is 8.63. The molecule has 0 aromatic heterocycles. The number of unbranched alkanes of at least 4 members (excludes halogenated alkanes) is 5. The summed E-state index contributed by atoms with van der Waals surface area (Å²) in [7, 11) is 0. The molecule has 0 saturated carbocycles. The Morgan fingerprint density at radius 3 is 2.30 bits per heavy atom. The minimum atomic E-state index is -0.192. The predicted molar refractivity (Wildman–Crippen MR) is 83.8 cm³/mol. The van der Waals surface area contributed by atoms with E-state index in [1.54, 1.807) is 0 Å². The molecule has 3 heteroatoms. The van der Waals surface area contributed by atoms with Gasteiger partial charge in [-0.3, -0.25) is 4.79 Å². The van der Waals surface area contributed by atoms with E-state index in [0.717, 1.165) is 45.2 Å². The SMILES string of the molecule is CCCCCCCCOC(=O)C1(CCC)CCNCC1. The molecule has 0 atom stereocenters. The standard InChI is InChI=1S/C17H33NO2/c1-3-5-6-7-8-9-15-20-16(19)17(10-4-2)11-13-18-14-12-17/h18H,3-15H2,1-2H3. The third kappa shape index (κ3) is 5.82. The van der Waals surface area contributed by atoms with Gasteiger partial charge in [0.2, 0.25) is 0 Å². The molecular weight excluding hydrogens is 250 g/mol. The van der Waals surface area contributed by atoms with Crippen LogP contribution in [0.4, 0.5) is 0 Å². The van der Waals surface area contributed by atoms with Crippen LogP contribution < -0.4 is 5.32 Å². The number of esters is 1. The van der Waals surface area contributed by atoms with Gasteiger partial charge in [0.15, 0.2) is 0 Å². The summed E-state index contributed by atoms with van der Waals surface area (Å²) in [5.74, 6) is 0.0643. The highest BCUT2D eigenvalue weighted by molar-refractivity contribution is 5.77. The number of piperidine rings is 1. The van der Waals surface area contributed by atoms with Crippen LogP contribution in [0.2, 0.25) is 0 Å². The minimum Gasteiger partial charge on any atom is -0.465 e. The quantitative estimate of drug-likeness (QED) is 0.485. The third-order valence-corrected chi connectivity index (χ3v) is 4.45. The molecule has 1 heterocycles. The molecule has 0 unspecified atom stereocenters. The van der Waals surface area contributed by atoms with Crippen LogP contribution in [0.1, 0.15) is 78.1 Å². The Morgan fingerprint density at radius 2 is 1.65 bits per heavy atom. The van der Waals surface area contributed by atoms with E-state index in [0.29, 0.717) is 6.61 Å². The molecule has 118 valence electrons. The van der Waals surface area contributed by atoms with Crippen molar-refractivity contribution in [3.8, 4) is 0 Å². The Bertz CT molecular complexity index is 254. The van der Waals surface area contributed by atoms with Crippen molar-refractivity contribution < 1.29 is 9.53 Å². The second-order valence-electron chi connectivity index (χ2n) is 6.18. The summed E-state index contributed by atoms with van der Waals surface area (Å²) in [6.45, 7) is 6.90. The van der Waals surface area contributed by atoms with Gasteiger partial charge >= 0.3 is 5.97 Å². The van der Waals surface area contributed by atoms with Crippen molar-refractivity contribution in [2.45, 2.75) is 78.1 Å². The van der Waals surface area contributed by atoms with E-state index in [1.807, 2.05) is 0 Å². The summed E-state index contributed by atoms with van der Waals surface area (Å²) >= 11 is 0. The molecule has 0 radical (unpaired) electrons. The fourth-order valence-electron chi connectivity index (χ4n) is 3.14. The van der Waals surface area contributed by atoms with Gasteiger partial charge in [-0.1, -0.05) is 52.4 Å². The Morgan fingerprint density at radius 1 is 1.00 bits per heavy atom. The van der Waals surface area contributed by atoms with E-state index >= 15 is 0 Å². The van der Waals surface area contributed by atoms with Crippen LogP contribution >= 0.6 is 0 Å². The molecule has 1 fully saturated rings. The van der Waals surface area contributed by atoms with Gasteiger partial charge in [0.25, 0.3) is 0 Å². The average molecular weight is 283 g/mol. The van der Waals surface area contributed by atoms with Gasteiger partial charge in [-0.2, -0.15) is 0 Å².